The third kappa shape index (κ3) is 3.65. The van der Waals surface area contributed by atoms with E-state index in [1.807, 2.05) is 54.6 Å². The van der Waals surface area contributed by atoms with Crippen LogP contribution in [-0.4, -0.2) is 19.2 Å². The molecule has 0 unspecified atom stereocenters. The lowest BCUT2D eigenvalue weighted by atomic mass is 9.97. The molecule has 0 atom stereocenters. The van der Waals surface area contributed by atoms with Crippen LogP contribution < -0.4 is 5.56 Å². The van der Waals surface area contributed by atoms with Crippen molar-refractivity contribution in [2.24, 2.45) is 0 Å². The molecule has 0 amide bonds. The second-order valence-electron chi connectivity index (χ2n) is 8.35. The molecule has 5 nitrogen and oxygen atoms in total. The van der Waals surface area contributed by atoms with E-state index >= 15 is 0 Å². The highest BCUT2D eigenvalue weighted by molar-refractivity contribution is 9.10. The van der Waals surface area contributed by atoms with E-state index in [9.17, 15) is 4.79 Å². The van der Waals surface area contributed by atoms with Gasteiger partial charge in [-0.25, -0.2) is 0 Å². The van der Waals surface area contributed by atoms with E-state index in [1.165, 1.54) is 16.9 Å². The molecular formula is C26H21BrN4OS. The molecule has 0 saturated carbocycles. The first kappa shape index (κ1) is 20.6. The summed E-state index contributed by atoms with van der Waals surface area (Å²) in [4.78, 5) is 16.1. The molecule has 0 bridgehead atoms. The fourth-order valence-corrected chi connectivity index (χ4v) is 6.22. The Labute approximate surface area is 203 Å². The number of thiophene rings is 1. The molecule has 3 aromatic heterocycles. The average molecular weight is 517 g/mol. The summed E-state index contributed by atoms with van der Waals surface area (Å²) in [5.74, 6) is 1.32. The van der Waals surface area contributed by atoms with Crippen LogP contribution in [0.2, 0.25) is 0 Å². The van der Waals surface area contributed by atoms with Crippen molar-refractivity contribution in [2.45, 2.75) is 32.2 Å². The maximum absolute atomic E-state index is 13.8. The van der Waals surface area contributed by atoms with Gasteiger partial charge < -0.3 is 0 Å². The number of nitrogens with zero attached hydrogens (tertiary/aromatic N) is 4. The minimum Gasteiger partial charge on any atom is -0.272 e. The summed E-state index contributed by atoms with van der Waals surface area (Å²) >= 11 is 5.21. The number of benzene rings is 2. The molecule has 1 aliphatic rings. The Morgan fingerprint density at radius 1 is 0.970 bits per heavy atom. The zero-order valence-corrected chi connectivity index (χ0v) is 20.3. The van der Waals surface area contributed by atoms with Gasteiger partial charge in [0, 0.05) is 9.35 Å². The van der Waals surface area contributed by atoms with Gasteiger partial charge in [-0.1, -0.05) is 64.5 Å². The Kier molecular flexibility index (Phi) is 5.23. The number of hydrogen-bond acceptors (Lipinski definition) is 4. The van der Waals surface area contributed by atoms with Crippen molar-refractivity contribution in [3.05, 3.63) is 96.8 Å². The maximum Gasteiger partial charge on any atom is 0.264 e. The number of aryl methyl sites for hydroxylation is 2. The fraction of sp³-hybridized carbons (Fsp3) is 0.192. The van der Waals surface area contributed by atoms with E-state index in [0.717, 1.165) is 50.9 Å². The Balaban J connectivity index is 1.59. The molecular weight excluding hydrogens is 496 g/mol. The highest BCUT2D eigenvalue weighted by atomic mass is 79.9. The maximum atomic E-state index is 13.8. The zero-order valence-electron chi connectivity index (χ0n) is 17.9. The van der Waals surface area contributed by atoms with Gasteiger partial charge >= 0.3 is 0 Å². The van der Waals surface area contributed by atoms with Crippen LogP contribution in [0.15, 0.2) is 63.9 Å². The molecule has 33 heavy (non-hydrogen) atoms. The summed E-state index contributed by atoms with van der Waals surface area (Å²) in [5.41, 5.74) is 3.41. The van der Waals surface area contributed by atoms with Crippen LogP contribution in [0.1, 0.15) is 40.2 Å². The van der Waals surface area contributed by atoms with Crippen LogP contribution in [0, 0.1) is 0 Å². The number of fused-ring (bicyclic) bond motifs is 5. The minimum atomic E-state index is 0.0385. The summed E-state index contributed by atoms with van der Waals surface area (Å²) in [5, 5.41) is 9.82. The van der Waals surface area contributed by atoms with Crippen LogP contribution >= 0.6 is 27.3 Å². The molecule has 0 aliphatic heterocycles. The molecule has 0 fully saturated rings. The van der Waals surface area contributed by atoms with E-state index in [-0.39, 0.29) is 5.56 Å². The Morgan fingerprint density at radius 3 is 2.58 bits per heavy atom. The summed E-state index contributed by atoms with van der Waals surface area (Å²) in [6.45, 7) is 0.471. The first-order valence-corrected chi connectivity index (χ1v) is 12.7. The second kappa shape index (κ2) is 8.39. The fourth-order valence-electron chi connectivity index (χ4n) is 4.57. The average Bonchev–Trinajstić information content (AvgIpc) is 3.44. The smallest absolute Gasteiger partial charge is 0.264 e. The molecule has 3 heterocycles. The first-order chi connectivity index (χ1) is 16.2. The van der Waals surface area contributed by atoms with Gasteiger partial charge in [-0.15, -0.1) is 21.5 Å². The standard InChI is InChI=1S/C26H21BrN4OS/c27-19-13-10-17(11-14-19)12-15-22-28-29-26-30(16-18-6-2-1-3-7-18)24(32)23-20-8-4-5-9-21(20)33-25(23)31(22)26/h1-3,6-7,10-15H,4-5,8-9,16H2/b15-12+. The van der Waals surface area contributed by atoms with Crippen molar-refractivity contribution >= 4 is 55.4 Å². The van der Waals surface area contributed by atoms with Crippen LogP contribution in [0.3, 0.4) is 0 Å². The van der Waals surface area contributed by atoms with Gasteiger partial charge in [0.05, 0.1) is 11.9 Å². The third-order valence-electron chi connectivity index (χ3n) is 6.21. The molecule has 1 aliphatic carbocycles. The molecule has 6 rings (SSSR count). The number of rotatable bonds is 4. The SMILES string of the molecule is O=c1c2c3c(sc2n2c(/C=C/c4ccc(Br)cc4)nnc2n1Cc1ccccc1)CCCC3. The van der Waals surface area contributed by atoms with Gasteiger partial charge in [0.2, 0.25) is 5.78 Å². The van der Waals surface area contributed by atoms with E-state index in [0.29, 0.717) is 12.3 Å². The van der Waals surface area contributed by atoms with Gasteiger partial charge in [0.25, 0.3) is 5.56 Å². The molecule has 164 valence electrons. The topological polar surface area (TPSA) is 52.2 Å². The second-order valence-corrected chi connectivity index (χ2v) is 10.3. The number of halogens is 1. The zero-order chi connectivity index (χ0) is 22.4. The van der Waals surface area contributed by atoms with Crippen molar-refractivity contribution in [3.63, 3.8) is 0 Å². The normalized spacial score (nSPS) is 13.8. The van der Waals surface area contributed by atoms with Crippen LogP contribution in [0.25, 0.3) is 28.1 Å². The molecule has 0 saturated heterocycles. The Morgan fingerprint density at radius 2 is 1.76 bits per heavy atom. The van der Waals surface area contributed by atoms with Crippen molar-refractivity contribution in [2.75, 3.05) is 0 Å². The van der Waals surface area contributed by atoms with Crippen molar-refractivity contribution in [3.8, 4) is 0 Å². The molecule has 2 aromatic carbocycles. The van der Waals surface area contributed by atoms with Gasteiger partial charge in [-0.05, 0) is 60.6 Å². The van der Waals surface area contributed by atoms with Crippen molar-refractivity contribution < 1.29 is 0 Å². The predicted molar refractivity (Wildman–Crippen MR) is 138 cm³/mol. The Bertz CT molecular complexity index is 1560. The number of aromatic nitrogens is 4. The highest BCUT2D eigenvalue weighted by Gasteiger charge is 2.24. The highest BCUT2D eigenvalue weighted by Crippen LogP contribution is 2.35. The van der Waals surface area contributed by atoms with E-state index < -0.39 is 0 Å². The van der Waals surface area contributed by atoms with Gasteiger partial charge in [-0.2, -0.15) is 0 Å². The summed E-state index contributed by atoms with van der Waals surface area (Å²) in [6.07, 6.45) is 8.34. The summed E-state index contributed by atoms with van der Waals surface area (Å²) < 4.78 is 4.89. The van der Waals surface area contributed by atoms with E-state index in [2.05, 4.69) is 42.7 Å². The minimum absolute atomic E-state index is 0.0385. The van der Waals surface area contributed by atoms with E-state index in [4.69, 9.17) is 0 Å². The quantitative estimate of drug-likeness (QED) is 0.295. The van der Waals surface area contributed by atoms with Gasteiger partial charge in [-0.3, -0.25) is 13.8 Å². The lowest BCUT2D eigenvalue weighted by molar-refractivity contribution is 0.698. The molecule has 5 aromatic rings. The molecule has 0 radical (unpaired) electrons. The third-order valence-corrected chi connectivity index (χ3v) is 8.01. The predicted octanol–water partition coefficient (Wildman–Crippen LogP) is 5.97. The first-order valence-electron chi connectivity index (χ1n) is 11.1. The summed E-state index contributed by atoms with van der Waals surface area (Å²) in [7, 11) is 0. The van der Waals surface area contributed by atoms with Crippen LogP contribution in [0.5, 0.6) is 0 Å². The summed E-state index contributed by atoms with van der Waals surface area (Å²) in [6, 6.07) is 18.2. The number of hydrogen-bond donors (Lipinski definition) is 0. The molecule has 7 heteroatoms. The molecule has 0 N–H and O–H groups in total. The van der Waals surface area contributed by atoms with Crippen LogP contribution in [0.4, 0.5) is 0 Å². The largest absolute Gasteiger partial charge is 0.272 e. The van der Waals surface area contributed by atoms with Crippen molar-refractivity contribution in [1.29, 1.82) is 0 Å². The van der Waals surface area contributed by atoms with E-state index in [1.54, 1.807) is 15.9 Å². The van der Waals surface area contributed by atoms with Crippen molar-refractivity contribution in [1.82, 2.24) is 19.2 Å². The van der Waals surface area contributed by atoms with Gasteiger partial charge in [0.1, 0.15) is 4.83 Å². The lowest BCUT2D eigenvalue weighted by Crippen LogP contribution is -2.24. The molecule has 0 spiro atoms. The van der Waals surface area contributed by atoms with Crippen LogP contribution in [-0.2, 0) is 19.4 Å². The monoisotopic (exact) mass is 516 g/mol. The lowest BCUT2D eigenvalue weighted by Gasteiger charge is -2.12. The Hall–Kier alpha value is -3.03. The van der Waals surface area contributed by atoms with Gasteiger partial charge in [0.15, 0.2) is 5.82 Å².